The second-order valence-corrected chi connectivity index (χ2v) is 6.86. The number of guanidine groups is 1. The molecule has 1 fully saturated rings. The molecule has 26 heavy (non-hydrogen) atoms. The zero-order valence-electron chi connectivity index (χ0n) is 15.2. The molecule has 1 aromatic carbocycles. The fourth-order valence-electron chi connectivity index (χ4n) is 2.86. The molecule has 7 nitrogen and oxygen atoms in total. The van der Waals surface area contributed by atoms with Gasteiger partial charge in [-0.25, -0.2) is 4.98 Å². The molecule has 0 amide bonds. The maximum absolute atomic E-state index is 5.98. The van der Waals surface area contributed by atoms with Gasteiger partial charge in [-0.2, -0.15) is 0 Å². The Morgan fingerprint density at radius 1 is 1.27 bits per heavy atom. The van der Waals surface area contributed by atoms with Crippen molar-refractivity contribution in [2.75, 3.05) is 44.1 Å². The minimum Gasteiger partial charge on any atom is -0.493 e. The second kappa shape index (κ2) is 8.75. The molecule has 1 aliphatic heterocycles. The number of rotatable bonds is 7. The standard InChI is InChI=1S/C18H25N5O2S/c1-24-15-6-5-13(11-16(15)25-2)21-17(19)20-8-7-14-12-26-18(22-14)23-9-3-4-10-23/h5-6,11-12H,3-4,7-10H2,1-2H3,(H3,19,20,21). The van der Waals surface area contributed by atoms with Gasteiger partial charge in [0.2, 0.25) is 0 Å². The topological polar surface area (TPSA) is 85.0 Å². The van der Waals surface area contributed by atoms with E-state index in [1.165, 1.54) is 12.8 Å². The SMILES string of the molecule is COc1ccc(NC(N)=NCCc2csc(N3CCCC3)n2)cc1OC. The number of anilines is 2. The van der Waals surface area contributed by atoms with Crippen molar-refractivity contribution < 1.29 is 9.47 Å². The number of thiazole rings is 1. The predicted molar refractivity (Wildman–Crippen MR) is 107 cm³/mol. The molecule has 0 bridgehead atoms. The number of hydrogen-bond acceptors (Lipinski definition) is 6. The van der Waals surface area contributed by atoms with Crippen LogP contribution in [0.5, 0.6) is 11.5 Å². The van der Waals surface area contributed by atoms with Crippen molar-refractivity contribution in [3.63, 3.8) is 0 Å². The molecular formula is C18H25N5O2S. The zero-order valence-corrected chi connectivity index (χ0v) is 16.0. The Morgan fingerprint density at radius 3 is 2.77 bits per heavy atom. The number of methoxy groups -OCH3 is 2. The summed E-state index contributed by atoms with van der Waals surface area (Å²) in [5, 5.41) is 6.31. The van der Waals surface area contributed by atoms with Crippen LogP contribution < -0.4 is 25.4 Å². The van der Waals surface area contributed by atoms with Gasteiger partial charge in [-0.05, 0) is 25.0 Å². The molecule has 3 N–H and O–H groups in total. The number of aliphatic imine (C=N–C) groups is 1. The maximum atomic E-state index is 5.98. The van der Waals surface area contributed by atoms with E-state index >= 15 is 0 Å². The van der Waals surface area contributed by atoms with Crippen molar-refractivity contribution in [2.45, 2.75) is 19.3 Å². The van der Waals surface area contributed by atoms with Crippen LogP contribution in [0, 0.1) is 0 Å². The molecule has 3 rings (SSSR count). The number of benzene rings is 1. The molecule has 0 saturated carbocycles. The van der Waals surface area contributed by atoms with Gasteiger partial charge in [0, 0.05) is 43.2 Å². The summed E-state index contributed by atoms with van der Waals surface area (Å²) in [4.78, 5) is 11.4. The summed E-state index contributed by atoms with van der Waals surface area (Å²) >= 11 is 1.71. The first-order valence-corrected chi connectivity index (χ1v) is 9.56. The first-order chi connectivity index (χ1) is 12.7. The third-order valence-corrected chi connectivity index (χ3v) is 5.17. The predicted octanol–water partition coefficient (Wildman–Crippen LogP) is 2.73. The van der Waals surface area contributed by atoms with Gasteiger partial charge in [-0.15, -0.1) is 11.3 Å². The summed E-state index contributed by atoms with van der Waals surface area (Å²) in [5.41, 5.74) is 7.85. The summed E-state index contributed by atoms with van der Waals surface area (Å²) in [6.07, 6.45) is 3.30. The molecule has 0 unspecified atom stereocenters. The largest absolute Gasteiger partial charge is 0.493 e. The lowest BCUT2D eigenvalue weighted by molar-refractivity contribution is 0.355. The van der Waals surface area contributed by atoms with Crippen LogP contribution >= 0.6 is 11.3 Å². The van der Waals surface area contributed by atoms with Crippen LogP contribution in [0.3, 0.4) is 0 Å². The van der Waals surface area contributed by atoms with Gasteiger partial charge in [0.25, 0.3) is 0 Å². The van der Waals surface area contributed by atoms with E-state index in [1.54, 1.807) is 25.6 Å². The monoisotopic (exact) mass is 375 g/mol. The molecule has 1 aliphatic rings. The van der Waals surface area contributed by atoms with E-state index < -0.39 is 0 Å². The summed E-state index contributed by atoms with van der Waals surface area (Å²) in [6.45, 7) is 2.83. The Bertz CT molecular complexity index is 756. The molecular weight excluding hydrogens is 350 g/mol. The summed E-state index contributed by atoms with van der Waals surface area (Å²) in [5.74, 6) is 1.68. The highest BCUT2D eigenvalue weighted by atomic mass is 32.1. The molecule has 1 aromatic heterocycles. The van der Waals surface area contributed by atoms with Crippen LogP contribution in [0.15, 0.2) is 28.6 Å². The van der Waals surface area contributed by atoms with Crippen molar-refractivity contribution >= 4 is 28.1 Å². The molecule has 2 heterocycles. The van der Waals surface area contributed by atoms with Gasteiger partial charge in [0.1, 0.15) is 0 Å². The third kappa shape index (κ3) is 4.57. The Hall–Kier alpha value is -2.48. The number of nitrogens with zero attached hydrogens (tertiary/aromatic N) is 3. The lowest BCUT2D eigenvalue weighted by Gasteiger charge is -2.12. The van der Waals surface area contributed by atoms with Gasteiger partial charge >= 0.3 is 0 Å². The normalized spacial score (nSPS) is 14.5. The lowest BCUT2D eigenvalue weighted by atomic mass is 10.3. The smallest absolute Gasteiger partial charge is 0.193 e. The summed E-state index contributed by atoms with van der Waals surface area (Å²) in [7, 11) is 3.21. The van der Waals surface area contributed by atoms with Crippen molar-refractivity contribution in [1.29, 1.82) is 0 Å². The highest BCUT2D eigenvalue weighted by Crippen LogP contribution is 2.29. The first kappa shape index (κ1) is 18.3. The average Bonchev–Trinajstić information content (AvgIpc) is 3.33. The van der Waals surface area contributed by atoms with Gasteiger partial charge in [-0.1, -0.05) is 0 Å². The molecule has 0 radical (unpaired) electrons. The maximum Gasteiger partial charge on any atom is 0.193 e. The molecule has 140 valence electrons. The molecule has 1 saturated heterocycles. The summed E-state index contributed by atoms with van der Waals surface area (Å²) in [6, 6.07) is 5.51. The number of ether oxygens (including phenoxy) is 2. The number of aromatic nitrogens is 1. The average molecular weight is 375 g/mol. The van der Waals surface area contributed by atoms with E-state index in [1.807, 2.05) is 18.2 Å². The van der Waals surface area contributed by atoms with Gasteiger partial charge in [0.05, 0.1) is 19.9 Å². The molecule has 0 spiro atoms. The van der Waals surface area contributed by atoms with Crippen molar-refractivity contribution in [3.8, 4) is 11.5 Å². The van der Waals surface area contributed by atoms with E-state index in [2.05, 4.69) is 20.6 Å². The van der Waals surface area contributed by atoms with Crippen molar-refractivity contribution in [3.05, 3.63) is 29.3 Å². The van der Waals surface area contributed by atoms with Crippen LogP contribution in [-0.4, -0.2) is 44.8 Å². The fraction of sp³-hybridized carbons (Fsp3) is 0.444. The number of nitrogens with one attached hydrogen (secondary N) is 1. The van der Waals surface area contributed by atoms with E-state index in [0.29, 0.717) is 24.0 Å². The first-order valence-electron chi connectivity index (χ1n) is 8.68. The second-order valence-electron chi connectivity index (χ2n) is 6.03. The van der Waals surface area contributed by atoms with Crippen LogP contribution in [0.1, 0.15) is 18.5 Å². The zero-order chi connectivity index (χ0) is 18.4. The Kier molecular flexibility index (Phi) is 6.17. The third-order valence-electron chi connectivity index (χ3n) is 4.22. The highest BCUT2D eigenvalue weighted by Gasteiger charge is 2.15. The van der Waals surface area contributed by atoms with E-state index in [0.717, 1.165) is 36.0 Å². The molecule has 2 aromatic rings. The minimum absolute atomic E-state index is 0.368. The lowest BCUT2D eigenvalue weighted by Crippen LogP contribution is -2.23. The van der Waals surface area contributed by atoms with Gasteiger partial charge in [-0.3, -0.25) is 4.99 Å². The molecule has 0 atom stereocenters. The highest BCUT2D eigenvalue weighted by molar-refractivity contribution is 7.13. The number of nitrogens with two attached hydrogens (primary N) is 1. The molecule has 8 heteroatoms. The minimum atomic E-state index is 0.368. The Morgan fingerprint density at radius 2 is 2.04 bits per heavy atom. The number of hydrogen-bond donors (Lipinski definition) is 2. The van der Waals surface area contributed by atoms with Crippen molar-refractivity contribution in [1.82, 2.24) is 4.98 Å². The molecule has 0 aliphatic carbocycles. The fourth-order valence-corrected chi connectivity index (χ4v) is 3.77. The van der Waals surface area contributed by atoms with Crippen molar-refractivity contribution in [2.24, 2.45) is 10.7 Å². The van der Waals surface area contributed by atoms with Crippen LogP contribution in [-0.2, 0) is 6.42 Å². The van der Waals surface area contributed by atoms with E-state index in [-0.39, 0.29) is 0 Å². The Balaban J connectivity index is 1.52. The van der Waals surface area contributed by atoms with Crippen LogP contribution in [0.4, 0.5) is 10.8 Å². The van der Waals surface area contributed by atoms with Gasteiger partial charge < -0.3 is 25.4 Å². The summed E-state index contributed by atoms with van der Waals surface area (Å²) < 4.78 is 10.5. The van der Waals surface area contributed by atoms with Crippen LogP contribution in [0.2, 0.25) is 0 Å². The van der Waals surface area contributed by atoms with E-state index in [9.17, 15) is 0 Å². The van der Waals surface area contributed by atoms with Crippen LogP contribution in [0.25, 0.3) is 0 Å². The van der Waals surface area contributed by atoms with E-state index in [4.69, 9.17) is 20.2 Å². The van der Waals surface area contributed by atoms with Gasteiger partial charge in [0.15, 0.2) is 22.6 Å². The quantitative estimate of drug-likeness (QED) is 0.572. The Labute approximate surface area is 157 Å².